The summed E-state index contributed by atoms with van der Waals surface area (Å²) in [5, 5.41) is 50.3. The molecule has 0 spiro atoms. The van der Waals surface area contributed by atoms with E-state index >= 15 is 0 Å². The van der Waals surface area contributed by atoms with E-state index in [2.05, 4.69) is 0 Å². The predicted octanol–water partition coefficient (Wildman–Crippen LogP) is 0.868. The fraction of sp³-hybridized carbons (Fsp3) is 0.375. The Hall–Kier alpha value is -3.71. The molecular formula is C24H28O12. The molecule has 36 heavy (non-hydrogen) atoms. The molecule has 1 heterocycles. The van der Waals surface area contributed by atoms with Gasteiger partial charge in [-0.15, -0.1) is 0 Å². The highest BCUT2D eigenvalue weighted by Crippen LogP contribution is 2.42. The van der Waals surface area contributed by atoms with Crippen LogP contribution in [0.2, 0.25) is 0 Å². The van der Waals surface area contributed by atoms with Crippen molar-refractivity contribution in [3.8, 4) is 34.5 Å². The van der Waals surface area contributed by atoms with Crippen LogP contribution in [0.1, 0.15) is 11.1 Å². The summed E-state index contributed by atoms with van der Waals surface area (Å²) in [6.07, 6.45) is -6.01. The zero-order valence-corrected chi connectivity index (χ0v) is 19.9. The Kier molecular flexibility index (Phi) is 8.48. The second kappa shape index (κ2) is 11.4. The van der Waals surface area contributed by atoms with Crippen molar-refractivity contribution in [1.29, 1.82) is 0 Å². The number of phenolic OH excluding ortho intramolecular Hbond substituents is 1. The van der Waals surface area contributed by atoms with Crippen LogP contribution in [0.3, 0.4) is 0 Å². The number of aliphatic carboxylic acids is 1. The SMILES string of the molecule is COc1ccc(/C=C\c2cc(OC)c(OC)c(OC)c2)c(O[C@@H]2O[C@H](C(=O)O)[C@@H](O)[C@H](O)[C@H]2O)c1O. The van der Waals surface area contributed by atoms with Crippen LogP contribution in [0.4, 0.5) is 0 Å². The maximum absolute atomic E-state index is 11.4. The Morgan fingerprint density at radius 2 is 1.44 bits per heavy atom. The number of carboxylic acid groups (broad SMARTS) is 1. The topological polar surface area (TPSA) is 174 Å². The van der Waals surface area contributed by atoms with Gasteiger partial charge in [0.15, 0.2) is 29.1 Å². The molecule has 1 aliphatic rings. The minimum absolute atomic E-state index is 0.0237. The second-order valence-electron chi connectivity index (χ2n) is 7.68. The first kappa shape index (κ1) is 26.9. The summed E-state index contributed by atoms with van der Waals surface area (Å²) in [7, 11) is 5.75. The van der Waals surface area contributed by atoms with Gasteiger partial charge in [0, 0.05) is 5.56 Å². The van der Waals surface area contributed by atoms with Gasteiger partial charge >= 0.3 is 5.97 Å². The number of ether oxygens (including phenoxy) is 6. The van der Waals surface area contributed by atoms with Crippen LogP contribution >= 0.6 is 0 Å². The lowest BCUT2D eigenvalue weighted by Crippen LogP contribution is -2.61. The highest BCUT2D eigenvalue weighted by atomic mass is 16.7. The van der Waals surface area contributed by atoms with Crippen molar-refractivity contribution in [1.82, 2.24) is 0 Å². The molecule has 2 aromatic carbocycles. The molecule has 0 unspecified atom stereocenters. The average molecular weight is 508 g/mol. The zero-order valence-electron chi connectivity index (χ0n) is 19.9. The van der Waals surface area contributed by atoms with E-state index in [1.807, 2.05) is 0 Å². The van der Waals surface area contributed by atoms with E-state index < -0.39 is 42.4 Å². The maximum atomic E-state index is 11.4. The van der Waals surface area contributed by atoms with Gasteiger partial charge in [-0.25, -0.2) is 4.79 Å². The molecular weight excluding hydrogens is 480 g/mol. The van der Waals surface area contributed by atoms with Crippen molar-refractivity contribution in [2.45, 2.75) is 30.7 Å². The summed E-state index contributed by atoms with van der Waals surface area (Å²) >= 11 is 0. The zero-order chi connectivity index (χ0) is 26.6. The van der Waals surface area contributed by atoms with Gasteiger partial charge < -0.3 is 54.0 Å². The lowest BCUT2D eigenvalue weighted by Gasteiger charge is -2.38. The predicted molar refractivity (Wildman–Crippen MR) is 125 cm³/mol. The number of aliphatic hydroxyl groups excluding tert-OH is 3. The standard InChI is InChI=1S/C24H28O12/c1-31-13-8-7-12(6-5-11-9-14(32-2)21(34-4)15(10-11)33-3)20(16(13)25)35-24-19(28)17(26)18(27)22(36-24)23(29)30/h5-10,17-19,22,24-28H,1-4H3,(H,29,30)/b6-5-/t17-,18-,19+,22-,24+/m0/s1. The number of aromatic hydroxyl groups is 1. The number of phenols is 1. The molecule has 1 aliphatic heterocycles. The first-order chi connectivity index (χ1) is 17.2. The third-order valence-electron chi connectivity index (χ3n) is 5.53. The lowest BCUT2D eigenvalue weighted by molar-refractivity contribution is -0.271. The minimum Gasteiger partial charge on any atom is -0.502 e. The summed E-state index contributed by atoms with van der Waals surface area (Å²) in [4.78, 5) is 11.4. The van der Waals surface area contributed by atoms with Gasteiger partial charge in [0.2, 0.25) is 17.8 Å². The van der Waals surface area contributed by atoms with Crippen molar-refractivity contribution in [2.75, 3.05) is 28.4 Å². The Morgan fingerprint density at radius 1 is 0.833 bits per heavy atom. The molecule has 0 aromatic heterocycles. The van der Waals surface area contributed by atoms with E-state index in [4.69, 9.17) is 28.4 Å². The number of hydrogen-bond donors (Lipinski definition) is 5. The quantitative estimate of drug-likeness (QED) is 0.303. The molecule has 1 fully saturated rings. The largest absolute Gasteiger partial charge is 0.502 e. The summed E-state index contributed by atoms with van der Waals surface area (Å²) < 4.78 is 31.9. The number of benzene rings is 2. The van der Waals surface area contributed by atoms with Crippen LogP contribution < -0.4 is 23.7 Å². The molecule has 3 rings (SSSR count). The fourth-order valence-corrected chi connectivity index (χ4v) is 3.64. The number of aliphatic hydroxyl groups is 3. The second-order valence-corrected chi connectivity index (χ2v) is 7.68. The van der Waals surface area contributed by atoms with E-state index in [1.54, 1.807) is 24.3 Å². The van der Waals surface area contributed by atoms with E-state index in [1.165, 1.54) is 40.6 Å². The normalized spacial score (nSPS) is 23.8. The summed E-state index contributed by atoms with van der Waals surface area (Å²) in [6, 6.07) is 6.38. The first-order valence-corrected chi connectivity index (χ1v) is 10.6. The third-order valence-corrected chi connectivity index (χ3v) is 5.53. The molecule has 0 bridgehead atoms. The molecule has 0 saturated carbocycles. The molecule has 12 nitrogen and oxygen atoms in total. The van der Waals surface area contributed by atoms with Crippen LogP contribution in [0.15, 0.2) is 24.3 Å². The van der Waals surface area contributed by atoms with Crippen LogP contribution in [0.25, 0.3) is 12.2 Å². The lowest BCUT2D eigenvalue weighted by atomic mass is 9.99. The van der Waals surface area contributed by atoms with Gasteiger partial charge in [-0.05, 0) is 29.8 Å². The van der Waals surface area contributed by atoms with Gasteiger partial charge in [0.05, 0.1) is 28.4 Å². The fourth-order valence-electron chi connectivity index (χ4n) is 3.64. The smallest absolute Gasteiger partial charge is 0.335 e. The van der Waals surface area contributed by atoms with E-state index in [0.717, 1.165) is 0 Å². The van der Waals surface area contributed by atoms with Crippen molar-refractivity contribution < 1.29 is 58.7 Å². The Bertz CT molecular complexity index is 1090. The van der Waals surface area contributed by atoms with Crippen LogP contribution in [0.5, 0.6) is 34.5 Å². The number of hydrogen-bond acceptors (Lipinski definition) is 11. The Labute approximate surface area is 206 Å². The monoisotopic (exact) mass is 508 g/mol. The first-order valence-electron chi connectivity index (χ1n) is 10.6. The van der Waals surface area contributed by atoms with E-state index in [9.17, 15) is 30.3 Å². The molecule has 1 saturated heterocycles. The third kappa shape index (κ3) is 5.26. The number of methoxy groups -OCH3 is 4. The molecule has 0 amide bonds. The summed E-state index contributed by atoms with van der Waals surface area (Å²) in [5.41, 5.74) is 0.912. The maximum Gasteiger partial charge on any atom is 0.335 e. The van der Waals surface area contributed by atoms with Crippen molar-refractivity contribution >= 4 is 18.1 Å². The van der Waals surface area contributed by atoms with Crippen molar-refractivity contribution in [2.24, 2.45) is 0 Å². The van der Waals surface area contributed by atoms with Gasteiger partial charge in [-0.1, -0.05) is 12.2 Å². The summed E-state index contributed by atoms with van der Waals surface area (Å²) in [5.74, 6) is -1.01. The van der Waals surface area contributed by atoms with Gasteiger partial charge in [0.25, 0.3) is 0 Å². The van der Waals surface area contributed by atoms with Gasteiger partial charge in [0.1, 0.15) is 18.3 Å². The number of carbonyl (C=O) groups is 1. The van der Waals surface area contributed by atoms with Crippen molar-refractivity contribution in [3.63, 3.8) is 0 Å². The molecule has 5 atom stereocenters. The van der Waals surface area contributed by atoms with E-state index in [0.29, 0.717) is 22.8 Å². The summed E-state index contributed by atoms with van der Waals surface area (Å²) in [6.45, 7) is 0. The van der Waals surface area contributed by atoms with Crippen molar-refractivity contribution in [3.05, 3.63) is 35.4 Å². The highest BCUT2D eigenvalue weighted by molar-refractivity contribution is 5.77. The molecule has 12 heteroatoms. The molecule has 0 aliphatic carbocycles. The van der Waals surface area contributed by atoms with Gasteiger partial charge in [-0.2, -0.15) is 0 Å². The average Bonchev–Trinajstić information content (AvgIpc) is 2.87. The Morgan fingerprint density at radius 3 is 1.97 bits per heavy atom. The van der Waals surface area contributed by atoms with Crippen LogP contribution in [0, 0.1) is 0 Å². The highest BCUT2D eigenvalue weighted by Gasteiger charge is 2.48. The molecule has 0 radical (unpaired) electrons. The Balaban J connectivity index is 2.00. The van der Waals surface area contributed by atoms with Crippen LogP contribution in [-0.2, 0) is 9.53 Å². The molecule has 5 N–H and O–H groups in total. The van der Waals surface area contributed by atoms with Gasteiger partial charge in [-0.3, -0.25) is 0 Å². The van der Waals surface area contributed by atoms with Crippen LogP contribution in [-0.4, -0.2) is 90.6 Å². The molecule has 196 valence electrons. The number of carboxylic acids is 1. The number of rotatable bonds is 9. The van der Waals surface area contributed by atoms with E-state index in [-0.39, 0.29) is 17.1 Å². The minimum atomic E-state index is -1.89. The molecule has 2 aromatic rings.